The number of rotatable bonds is 6. The van der Waals surface area contributed by atoms with E-state index in [0.717, 1.165) is 30.2 Å². The normalized spacial score (nSPS) is 10.5. The molecule has 1 N–H and O–H groups in total. The molecule has 0 unspecified atom stereocenters. The van der Waals surface area contributed by atoms with E-state index in [2.05, 4.69) is 39.6 Å². The summed E-state index contributed by atoms with van der Waals surface area (Å²) >= 11 is 0. The van der Waals surface area contributed by atoms with Crippen molar-refractivity contribution < 1.29 is 4.79 Å². The second-order valence-electron chi connectivity index (χ2n) is 5.47. The van der Waals surface area contributed by atoms with Crippen LogP contribution in [-0.2, 0) is 0 Å². The highest BCUT2D eigenvalue weighted by atomic mass is 16.1. The van der Waals surface area contributed by atoms with Crippen molar-refractivity contribution in [2.24, 2.45) is 0 Å². The van der Waals surface area contributed by atoms with Gasteiger partial charge >= 0.3 is 0 Å². The van der Waals surface area contributed by atoms with Gasteiger partial charge in [0.15, 0.2) is 0 Å². The van der Waals surface area contributed by atoms with Crippen molar-refractivity contribution in [3.63, 3.8) is 0 Å². The molecular formula is C18H20N6O. The fourth-order valence-electron chi connectivity index (χ4n) is 2.59. The van der Waals surface area contributed by atoms with Gasteiger partial charge < -0.3 is 10.2 Å². The van der Waals surface area contributed by atoms with Gasteiger partial charge in [-0.2, -0.15) is 0 Å². The monoisotopic (exact) mass is 336 g/mol. The zero-order valence-corrected chi connectivity index (χ0v) is 14.3. The zero-order valence-electron chi connectivity index (χ0n) is 14.3. The molecule has 2 aromatic carbocycles. The van der Waals surface area contributed by atoms with Crippen molar-refractivity contribution in [1.82, 2.24) is 20.2 Å². The molecule has 3 aromatic rings. The number of hydrogen-bond donors (Lipinski definition) is 1. The van der Waals surface area contributed by atoms with Crippen molar-refractivity contribution in [2.75, 3.05) is 23.3 Å². The van der Waals surface area contributed by atoms with Crippen LogP contribution in [0.15, 0.2) is 54.9 Å². The Bertz CT molecular complexity index is 808. The highest BCUT2D eigenvalue weighted by Gasteiger charge is 2.08. The van der Waals surface area contributed by atoms with Crippen molar-refractivity contribution in [1.29, 1.82) is 0 Å². The zero-order chi connectivity index (χ0) is 17.6. The molecular weight excluding hydrogens is 316 g/mol. The van der Waals surface area contributed by atoms with E-state index in [-0.39, 0.29) is 5.91 Å². The minimum Gasteiger partial charge on any atom is -0.372 e. The SMILES string of the molecule is CCN(CC)c1ccc(NC(=O)c2ccc(-n3cnnn3)cc2)cc1. The van der Waals surface area contributed by atoms with Gasteiger partial charge in [-0.05, 0) is 72.8 Å². The van der Waals surface area contributed by atoms with Crippen LogP contribution in [0, 0.1) is 0 Å². The number of hydrogen-bond acceptors (Lipinski definition) is 5. The van der Waals surface area contributed by atoms with E-state index < -0.39 is 0 Å². The summed E-state index contributed by atoms with van der Waals surface area (Å²) in [4.78, 5) is 14.6. The molecule has 0 atom stereocenters. The Labute approximate surface area is 146 Å². The Balaban J connectivity index is 1.67. The van der Waals surface area contributed by atoms with Crippen LogP contribution < -0.4 is 10.2 Å². The van der Waals surface area contributed by atoms with Gasteiger partial charge in [0.2, 0.25) is 0 Å². The van der Waals surface area contributed by atoms with Crippen LogP contribution in [0.1, 0.15) is 24.2 Å². The van der Waals surface area contributed by atoms with Gasteiger partial charge in [-0.25, -0.2) is 4.68 Å². The largest absolute Gasteiger partial charge is 0.372 e. The number of nitrogens with zero attached hydrogens (tertiary/aromatic N) is 5. The fourth-order valence-corrected chi connectivity index (χ4v) is 2.59. The minimum absolute atomic E-state index is 0.154. The molecule has 7 heteroatoms. The van der Waals surface area contributed by atoms with Crippen molar-refractivity contribution in [3.8, 4) is 5.69 Å². The van der Waals surface area contributed by atoms with Crippen molar-refractivity contribution in [2.45, 2.75) is 13.8 Å². The molecule has 128 valence electrons. The molecule has 0 saturated carbocycles. The topological polar surface area (TPSA) is 75.9 Å². The van der Waals surface area contributed by atoms with Gasteiger partial charge in [0, 0.05) is 30.0 Å². The average molecular weight is 336 g/mol. The van der Waals surface area contributed by atoms with Crippen LogP contribution in [-0.4, -0.2) is 39.2 Å². The van der Waals surface area contributed by atoms with Crippen LogP contribution in [0.4, 0.5) is 11.4 Å². The predicted octanol–water partition coefficient (Wildman–Crippen LogP) is 2.76. The van der Waals surface area contributed by atoms with E-state index in [0.29, 0.717) is 5.56 Å². The molecule has 3 rings (SSSR count). The highest BCUT2D eigenvalue weighted by Crippen LogP contribution is 2.18. The Morgan fingerprint density at radius 2 is 1.72 bits per heavy atom. The third-order valence-corrected chi connectivity index (χ3v) is 4.00. The lowest BCUT2D eigenvalue weighted by molar-refractivity contribution is 0.102. The number of aromatic nitrogens is 4. The van der Waals surface area contributed by atoms with Gasteiger partial charge in [0.25, 0.3) is 5.91 Å². The summed E-state index contributed by atoms with van der Waals surface area (Å²) < 4.78 is 1.54. The molecule has 0 aliphatic heterocycles. The predicted molar refractivity (Wildman–Crippen MR) is 97.1 cm³/mol. The summed E-state index contributed by atoms with van der Waals surface area (Å²) in [7, 11) is 0. The molecule has 0 saturated heterocycles. The van der Waals surface area contributed by atoms with E-state index in [1.165, 1.54) is 11.0 Å². The smallest absolute Gasteiger partial charge is 0.255 e. The number of anilines is 2. The van der Waals surface area contributed by atoms with Crippen LogP contribution in [0.2, 0.25) is 0 Å². The Morgan fingerprint density at radius 3 is 2.28 bits per heavy atom. The van der Waals surface area contributed by atoms with Crippen LogP contribution in [0.25, 0.3) is 5.69 Å². The fraction of sp³-hybridized carbons (Fsp3) is 0.222. The lowest BCUT2D eigenvalue weighted by Crippen LogP contribution is -2.21. The summed E-state index contributed by atoms with van der Waals surface area (Å²) in [5.74, 6) is -0.154. The lowest BCUT2D eigenvalue weighted by atomic mass is 10.2. The molecule has 0 fully saturated rings. The Kier molecular flexibility index (Phi) is 5.03. The minimum atomic E-state index is -0.154. The first-order valence-corrected chi connectivity index (χ1v) is 8.21. The Hall–Kier alpha value is -3.22. The van der Waals surface area contributed by atoms with E-state index in [1.54, 1.807) is 24.3 Å². The molecule has 0 radical (unpaired) electrons. The first kappa shape index (κ1) is 16.6. The van der Waals surface area contributed by atoms with Crippen LogP contribution in [0.5, 0.6) is 0 Å². The molecule has 0 spiro atoms. The molecule has 1 heterocycles. The summed E-state index contributed by atoms with van der Waals surface area (Å²) in [6.45, 7) is 6.15. The maximum absolute atomic E-state index is 12.4. The molecule has 25 heavy (non-hydrogen) atoms. The van der Waals surface area contributed by atoms with Crippen molar-refractivity contribution in [3.05, 3.63) is 60.4 Å². The molecule has 7 nitrogen and oxygen atoms in total. The molecule has 0 bridgehead atoms. The maximum atomic E-state index is 12.4. The second kappa shape index (κ2) is 7.57. The van der Waals surface area contributed by atoms with Gasteiger partial charge in [0.05, 0.1) is 5.69 Å². The lowest BCUT2D eigenvalue weighted by Gasteiger charge is -2.21. The van der Waals surface area contributed by atoms with E-state index in [1.807, 2.05) is 24.3 Å². The molecule has 1 amide bonds. The van der Waals surface area contributed by atoms with Gasteiger partial charge in [-0.1, -0.05) is 0 Å². The summed E-state index contributed by atoms with van der Waals surface area (Å²) in [5.41, 5.74) is 3.29. The second-order valence-corrected chi connectivity index (χ2v) is 5.47. The molecule has 1 aromatic heterocycles. The number of benzene rings is 2. The third kappa shape index (κ3) is 3.82. The standard InChI is InChI=1S/C18H20N6O/c1-3-23(4-2)16-11-7-15(8-12-16)20-18(25)14-5-9-17(10-6-14)24-13-19-21-22-24/h5-13H,3-4H2,1-2H3,(H,20,25). The number of carbonyl (C=O) groups excluding carboxylic acids is 1. The maximum Gasteiger partial charge on any atom is 0.255 e. The van der Waals surface area contributed by atoms with E-state index >= 15 is 0 Å². The van der Waals surface area contributed by atoms with Crippen molar-refractivity contribution >= 4 is 17.3 Å². The molecule has 0 aliphatic carbocycles. The number of tetrazole rings is 1. The number of carbonyl (C=O) groups is 1. The van der Waals surface area contributed by atoms with Crippen LogP contribution in [0.3, 0.4) is 0 Å². The van der Waals surface area contributed by atoms with E-state index in [4.69, 9.17) is 0 Å². The first-order chi connectivity index (χ1) is 12.2. The third-order valence-electron chi connectivity index (χ3n) is 4.00. The van der Waals surface area contributed by atoms with E-state index in [9.17, 15) is 4.79 Å². The average Bonchev–Trinajstić information content (AvgIpc) is 3.19. The summed E-state index contributed by atoms with van der Waals surface area (Å²) in [6.07, 6.45) is 1.51. The van der Waals surface area contributed by atoms with Gasteiger partial charge in [0.1, 0.15) is 6.33 Å². The van der Waals surface area contributed by atoms with Crippen LogP contribution >= 0.6 is 0 Å². The summed E-state index contributed by atoms with van der Waals surface area (Å²) in [5, 5.41) is 13.9. The first-order valence-electron chi connectivity index (χ1n) is 8.21. The summed E-state index contributed by atoms with van der Waals surface area (Å²) in [6, 6.07) is 15.0. The molecule has 0 aliphatic rings. The van der Waals surface area contributed by atoms with Gasteiger partial charge in [-0.3, -0.25) is 4.79 Å². The Morgan fingerprint density at radius 1 is 1.04 bits per heavy atom. The highest BCUT2D eigenvalue weighted by molar-refractivity contribution is 6.04. The quantitative estimate of drug-likeness (QED) is 0.749. The van der Waals surface area contributed by atoms with Gasteiger partial charge in [-0.15, -0.1) is 5.10 Å². The number of nitrogens with one attached hydrogen (secondary N) is 1. The number of amides is 1.